The number of imidazole rings is 1. The van der Waals surface area contributed by atoms with Crippen molar-refractivity contribution in [3.05, 3.63) is 90.1 Å². The minimum Gasteiger partial charge on any atom is -0.391 e. The van der Waals surface area contributed by atoms with Crippen LogP contribution in [0, 0.1) is 23.7 Å². The van der Waals surface area contributed by atoms with Crippen LogP contribution in [0.2, 0.25) is 0 Å². The molecule has 2 aromatic heterocycles. The van der Waals surface area contributed by atoms with Crippen LogP contribution < -0.4 is 43.8 Å². The Morgan fingerprint density at radius 1 is 0.630 bits per heavy atom. The largest absolute Gasteiger partial charge is 0.391 e. The number of nitrogens with one attached hydrogen (secondary N) is 7. The highest BCUT2D eigenvalue weighted by atomic mass is 32.2. The van der Waals surface area contributed by atoms with Crippen LogP contribution in [0.4, 0.5) is 0 Å². The standard InChI is InChI=1S/C57H79N11O12S/c1-31(2)20-36(24-49(73)45(27-50(59)74)66-55(78)33(4)58)56(79)67-43(23-38-28-62-41-15-11-10-14-40(38)41)47(71)21-32(3)54(77)68-52(34(5)69)46(70)16-17-51(75)64-44(26-39-29-61-30-63-39)48(72)25-37(22-35-12-8-7-9-13-35)57(80)65-42(53(60)76)18-19-81-6/h7-15,28-34,36-37,42-45,52,62,69H,16-27,58H2,1-6H3,(H2,59,74)(H2,60,76)(H,61,63)(H,64,75)(H,65,80)(H,66,78)(H,67,79)(H,68,77)/t32-,33+,34?,36-,37-,42+,43+,44+,45+,52?/m1/s1. The molecule has 24 heteroatoms. The van der Waals surface area contributed by atoms with Gasteiger partial charge in [0, 0.05) is 91.7 Å². The molecule has 4 aromatic rings. The average molecular weight is 1140 g/mol. The van der Waals surface area contributed by atoms with Crippen molar-refractivity contribution in [3.63, 3.8) is 0 Å². The van der Waals surface area contributed by atoms with Crippen LogP contribution in [0.1, 0.15) is 103 Å². The van der Waals surface area contributed by atoms with Crippen LogP contribution in [0.25, 0.3) is 10.9 Å². The lowest BCUT2D eigenvalue weighted by atomic mass is 9.88. The first-order valence-electron chi connectivity index (χ1n) is 27.0. The summed E-state index contributed by atoms with van der Waals surface area (Å²) in [5.41, 5.74) is 19.3. The van der Waals surface area contributed by atoms with Gasteiger partial charge in [0.05, 0.1) is 43.0 Å². The lowest BCUT2D eigenvalue weighted by molar-refractivity contribution is -0.136. The van der Waals surface area contributed by atoms with Crippen molar-refractivity contribution in [2.75, 3.05) is 12.0 Å². The predicted molar refractivity (Wildman–Crippen MR) is 304 cm³/mol. The number of benzene rings is 2. The topological polar surface area (TPSA) is 391 Å². The predicted octanol–water partition coefficient (Wildman–Crippen LogP) is 1.33. The molecule has 0 bridgehead atoms. The Morgan fingerprint density at radius 2 is 1.23 bits per heavy atom. The second kappa shape index (κ2) is 32.6. The molecule has 81 heavy (non-hydrogen) atoms. The van der Waals surface area contributed by atoms with Crippen molar-refractivity contribution < 1.29 is 57.8 Å². The molecule has 0 fully saturated rings. The van der Waals surface area contributed by atoms with E-state index in [-0.39, 0.29) is 44.4 Å². The number of amides is 7. The molecule has 10 atom stereocenters. The van der Waals surface area contributed by atoms with Crippen molar-refractivity contribution in [1.82, 2.24) is 41.5 Å². The van der Waals surface area contributed by atoms with Gasteiger partial charge in [-0.25, -0.2) is 4.98 Å². The maximum atomic E-state index is 14.4. The molecule has 440 valence electrons. The average Bonchev–Trinajstić information content (AvgIpc) is 4.09. The molecule has 0 aliphatic rings. The summed E-state index contributed by atoms with van der Waals surface area (Å²) in [6, 6.07) is 8.89. The first-order chi connectivity index (χ1) is 38.4. The first kappa shape index (κ1) is 65.9. The number of aliphatic hydroxyl groups is 1. The minimum absolute atomic E-state index is 0.0370. The maximum absolute atomic E-state index is 14.4. The highest BCUT2D eigenvalue weighted by Crippen LogP contribution is 2.24. The molecule has 14 N–H and O–H groups in total. The second-order valence-corrected chi connectivity index (χ2v) is 22.1. The molecule has 2 unspecified atom stereocenters. The van der Waals surface area contributed by atoms with Crippen molar-refractivity contribution in [2.24, 2.45) is 40.9 Å². The van der Waals surface area contributed by atoms with E-state index in [4.69, 9.17) is 17.2 Å². The second-order valence-electron chi connectivity index (χ2n) is 21.1. The highest BCUT2D eigenvalue weighted by molar-refractivity contribution is 7.98. The zero-order valence-corrected chi connectivity index (χ0v) is 47.6. The number of aromatic amines is 2. The molecule has 23 nitrogen and oxygen atoms in total. The summed E-state index contributed by atoms with van der Waals surface area (Å²) >= 11 is 1.47. The van der Waals surface area contributed by atoms with Crippen molar-refractivity contribution in [2.45, 2.75) is 148 Å². The number of ketones is 4. The Morgan fingerprint density at radius 3 is 1.85 bits per heavy atom. The van der Waals surface area contributed by atoms with E-state index in [1.54, 1.807) is 42.6 Å². The molecule has 0 spiro atoms. The molecular weight excluding hydrogens is 1060 g/mol. The quantitative estimate of drug-likeness (QED) is 0.0303. The number of carbonyl (C=O) groups is 11. The SMILES string of the molecule is CSCC[C@H](NC(=O)[C@@H](CC(=O)[C@H](Cc1cnc[nH]1)NC(=O)CCC(=O)C(NC(=O)[C@H](C)CC(=O)[C@H](Cc1c[nH]c2ccccc12)NC(=O)[C@@H](CC(=O)[C@H](CC(N)=O)NC(=O)[C@H](C)N)CC(C)C)C(C)O)Cc1ccccc1)C(N)=O. The molecule has 0 saturated carbocycles. The molecule has 2 heterocycles. The summed E-state index contributed by atoms with van der Waals surface area (Å²) < 4.78 is 0. The lowest BCUT2D eigenvalue weighted by Gasteiger charge is -2.26. The Labute approximate surface area is 475 Å². The van der Waals surface area contributed by atoms with Crippen molar-refractivity contribution in [3.8, 4) is 0 Å². The van der Waals surface area contributed by atoms with Crippen LogP contribution >= 0.6 is 11.8 Å². The number of hydrogen-bond acceptors (Lipinski definition) is 15. The number of aromatic nitrogens is 3. The van der Waals surface area contributed by atoms with E-state index in [0.29, 0.717) is 17.0 Å². The number of hydrogen-bond donors (Lipinski definition) is 11. The highest BCUT2D eigenvalue weighted by Gasteiger charge is 2.36. The van der Waals surface area contributed by atoms with E-state index in [1.807, 2.05) is 38.3 Å². The van der Waals surface area contributed by atoms with Gasteiger partial charge in [0.25, 0.3) is 0 Å². The number of aliphatic hydroxyl groups excluding tert-OH is 1. The van der Waals surface area contributed by atoms with Crippen LogP contribution in [0.15, 0.2) is 73.3 Å². The zero-order chi connectivity index (χ0) is 59.9. The molecule has 0 aliphatic heterocycles. The van der Waals surface area contributed by atoms with E-state index in [2.05, 4.69) is 41.5 Å². The molecule has 0 aliphatic carbocycles. The fourth-order valence-corrected chi connectivity index (χ4v) is 9.69. The number of nitrogens with two attached hydrogens (primary N) is 3. The third-order valence-corrected chi connectivity index (χ3v) is 14.3. The monoisotopic (exact) mass is 1140 g/mol. The van der Waals surface area contributed by atoms with Crippen LogP contribution in [-0.2, 0) is 72.0 Å². The lowest BCUT2D eigenvalue weighted by Crippen LogP contribution is -2.51. The van der Waals surface area contributed by atoms with Crippen LogP contribution in [0.3, 0.4) is 0 Å². The summed E-state index contributed by atoms with van der Waals surface area (Å²) in [5, 5.41) is 24.7. The minimum atomic E-state index is -1.53. The van der Waals surface area contributed by atoms with Gasteiger partial charge in [0.15, 0.2) is 23.1 Å². The molecule has 7 amide bonds. The van der Waals surface area contributed by atoms with E-state index in [0.717, 1.165) is 16.5 Å². The summed E-state index contributed by atoms with van der Waals surface area (Å²) in [6.07, 6.45) is 2.66. The number of nitrogens with zero attached hydrogens (tertiary/aromatic N) is 1. The molecule has 0 radical (unpaired) electrons. The van der Waals surface area contributed by atoms with E-state index in [1.165, 1.54) is 45.1 Å². The molecule has 0 saturated heterocycles. The summed E-state index contributed by atoms with van der Waals surface area (Å²) in [7, 11) is 0. The molecule has 2 aromatic carbocycles. The fourth-order valence-electron chi connectivity index (χ4n) is 9.22. The summed E-state index contributed by atoms with van der Waals surface area (Å²) in [5.74, 6) is -10.3. The van der Waals surface area contributed by atoms with Gasteiger partial charge in [0.1, 0.15) is 12.1 Å². The fraction of sp³-hybridized carbons (Fsp3) is 0.509. The van der Waals surface area contributed by atoms with Crippen molar-refractivity contribution >= 4 is 87.1 Å². The summed E-state index contributed by atoms with van der Waals surface area (Å²) in [6.45, 7) is 7.74. The number of fused-ring (bicyclic) bond motifs is 1. The molecular formula is C57H79N11O12S. The number of H-pyrrole nitrogens is 2. The Hall–Kier alpha value is -7.57. The van der Waals surface area contributed by atoms with Gasteiger partial charge in [-0.1, -0.05) is 69.3 Å². The third-order valence-electron chi connectivity index (χ3n) is 13.7. The zero-order valence-electron chi connectivity index (χ0n) is 46.8. The van der Waals surface area contributed by atoms with E-state index in [9.17, 15) is 57.8 Å². The smallest absolute Gasteiger partial charge is 0.240 e. The van der Waals surface area contributed by atoms with Gasteiger partial charge in [0.2, 0.25) is 41.4 Å². The maximum Gasteiger partial charge on any atom is 0.240 e. The van der Waals surface area contributed by atoms with Gasteiger partial charge in [-0.3, -0.25) is 52.7 Å². The first-order valence-corrected chi connectivity index (χ1v) is 28.4. The van der Waals surface area contributed by atoms with E-state index >= 15 is 0 Å². The van der Waals surface area contributed by atoms with Gasteiger partial charge in [-0.05, 0) is 68.2 Å². The number of rotatable bonds is 37. The summed E-state index contributed by atoms with van der Waals surface area (Å²) in [4.78, 5) is 158. The van der Waals surface area contributed by atoms with Gasteiger partial charge >= 0.3 is 0 Å². The number of primary amides is 2. The number of thioether (sulfide) groups is 1. The van der Waals surface area contributed by atoms with Crippen LogP contribution in [0.5, 0.6) is 0 Å². The Balaban J connectivity index is 1.48. The van der Waals surface area contributed by atoms with Gasteiger partial charge in [-0.2, -0.15) is 11.8 Å². The normalized spacial score (nSPS) is 15.1. The van der Waals surface area contributed by atoms with Gasteiger partial charge < -0.3 is 58.9 Å². The Kier molecular flexibility index (Phi) is 26.6. The van der Waals surface area contributed by atoms with E-state index < -0.39 is 157 Å². The number of para-hydroxylation sites is 1. The number of Topliss-reactive ketones (excluding diaryl/α,β-unsaturated/α-hetero) is 4. The van der Waals surface area contributed by atoms with Crippen molar-refractivity contribution in [1.29, 1.82) is 0 Å². The Bertz CT molecular complexity index is 2800. The third kappa shape index (κ3) is 21.8. The molecule has 4 rings (SSSR count). The number of carbonyl (C=O) groups excluding carboxylic acids is 11. The van der Waals surface area contributed by atoms with Gasteiger partial charge in [-0.15, -0.1) is 0 Å². The van der Waals surface area contributed by atoms with Crippen LogP contribution in [-0.4, -0.2) is 139 Å².